The Morgan fingerprint density at radius 2 is 1.10 bits per heavy atom. The van der Waals surface area contributed by atoms with E-state index in [1.165, 1.54) is 83.5 Å². The molecule has 0 heteroatoms. The van der Waals surface area contributed by atoms with Crippen molar-refractivity contribution in [2.45, 2.75) is 90.4 Å². The van der Waals surface area contributed by atoms with E-state index >= 15 is 0 Å². The largest absolute Gasteiger partial charge is 0.0991 e. The average molecular weight is 277 g/mol. The monoisotopic (exact) mass is 276 g/mol. The number of allylic oxidation sites excluding steroid dienone is 5. The summed E-state index contributed by atoms with van der Waals surface area (Å²) >= 11 is 0. The smallest absolute Gasteiger partial charge is 0.0345 e. The van der Waals surface area contributed by atoms with Gasteiger partial charge in [-0.2, -0.15) is 0 Å². The van der Waals surface area contributed by atoms with Gasteiger partial charge in [0.05, 0.1) is 0 Å². The summed E-state index contributed by atoms with van der Waals surface area (Å²) in [6, 6.07) is 0. The van der Waals surface area contributed by atoms with E-state index < -0.39 is 0 Å². The van der Waals surface area contributed by atoms with E-state index in [4.69, 9.17) is 0 Å². The van der Waals surface area contributed by atoms with Crippen LogP contribution in [-0.4, -0.2) is 0 Å². The lowest BCUT2D eigenvalue weighted by Gasteiger charge is -2.00. The Morgan fingerprint density at radius 3 is 1.70 bits per heavy atom. The molecule has 0 atom stereocenters. The molecule has 0 aliphatic heterocycles. The molecule has 0 rings (SSSR count). The Balaban J connectivity index is 3.08. The van der Waals surface area contributed by atoms with Gasteiger partial charge in [-0.15, -0.1) is 0 Å². The molecule has 0 aromatic carbocycles. The van der Waals surface area contributed by atoms with Gasteiger partial charge in [0.2, 0.25) is 0 Å². The molecule has 116 valence electrons. The first kappa shape index (κ1) is 19.2. The highest BCUT2D eigenvalue weighted by Gasteiger charge is 1.91. The Bertz CT molecular complexity index is 234. The van der Waals surface area contributed by atoms with Gasteiger partial charge in [0, 0.05) is 0 Å². The zero-order valence-corrected chi connectivity index (χ0v) is 13.8. The topological polar surface area (TPSA) is 0 Å². The predicted octanol–water partition coefficient (Wildman–Crippen LogP) is 7.38. The van der Waals surface area contributed by atoms with E-state index in [-0.39, 0.29) is 0 Å². The van der Waals surface area contributed by atoms with E-state index in [1.54, 1.807) is 0 Å². The van der Waals surface area contributed by atoms with Crippen molar-refractivity contribution in [2.24, 2.45) is 0 Å². The lowest BCUT2D eigenvalue weighted by atomic mass is 10.1. The van der Waals surface area contributed by atoms with E-state index in [1.807, 2.05) is 12.2 Å². The zero-order valence-electron chi connectivity index (χ0n) is 13.8. The van der Waals surface area contributed by atoms with Crippen molar-refractivity contribution in [3.8, 4) is 0 Å². The standard InChI is InChI=1S/C20H36/c1-3-5-7-9-11-13-15-17-19-20-18-16-14-12-10-8-6-4-2/h3,5,7,15,17H,1,4,6,8-14,16,18-20H2,2H3. The third kappa shape index (κ3) is 17.2. The van der Waals surface area contributed by atoms with Gasteiger partial charge in [0.15, 0.2) is 0 Å². The second kappa shape index (κ2) is 18.2. The van der Waals surface area contributed by atoms with E-state index in [9.17, 15) is 0 Å². The molecule has 0 aromatic rings. The summed E-state index contributed by atoms with van der Waals surface area (Å²) in [4.78, 5) is 0. The molecule has 0 saturated heterocycles. The second-order valence-electron chi connectivity index (χ2n) is 5.68. The van der Waals surface area contributed by atoms with Gasteiger partial charge in [-0.25, -0.2) is 0 Å². The van der Waals surface area contributed by atoms with Gasteiger partial charge < -0.3 is 0 Å². The molecule has 0 aliphatic rings. The van der Waals surface area contributed by atoms with Gasteiger partial charge >= 0.3 is 0 Å². The second-order valence-corrected chi connectivity index (χ2v) is 5.68. The first-order valence-corrected chi connectivity index (χ1v) is 8.84. The number of hydrogen-bond donors (Lipinski definition) is 0. The molecule has 0 heterocycles. The third-order valence-corrected chi connectivity index (χ3v) is 3.65. The fourth-order valence-electron chi connectivity index (χ4n) is 2.35. The molecule has 0 amide bonds. The van der Waals surface area contributed by atoms with Crippen LogP contribution in [0.5, 0.6) is 0 Å². The normalized spacial score (nSPS) is 11.7. The van der Waals surface area contributed by atoms with Crippen molar-refractivity contribution in [3.63, 3.8) is 0 Å². The Morgan fingerprint density at radius 1 is 0.600 bits per heavy atom. The minimum absolute atomic E-state index is 1.17. The maximum atomic E-state index is 3.67. The quantitative estimate of drug-likeness (QED) is 0.166. The molecule has 0 aromatic heterocycles. The molecule has 0 N–H and O–H groups in total. The third-order valence-electron chi connectivity index (χ3n) is 3.65. The van der Waals surface area contributed by atoms with Crippen molar-refractivity contribution in [1.82, 2.24) is 0 Å². The fourth-order valence-corrected chi connectivity index (χ4v) is 2.35. The van der Waals surface area contributed by atoms with Crippen molar-refractivity contribution in [1.29, 1.82) is 0 Å². The molecule has 0 nitrogen and oxygen atoms in total. The molecular weight excluding hydrogens is 240 g/mol. The summed E-state index contributed by atoms with van der Waals surface area (Å²) in [7, 11) is 0. The molecule has 0 aliphatic carbocycles. The van der Waals surface area contributed by atoms with Crippen LogP contribution < -0.4 is 0 Å². The van der Waals surface area contributed by atoms with Crippen LogP contribution in [0.25, 0.3) is 0 Å². The SMILES string of the molecule is C=CC=CCCCC=CCCCCCCCCCCC. The first-order chi connectivity index (χ1) is 9.91. The molecule has 0 unspecified atom stereocenters. The number of hydrogen-bond acceptors (Lipinski definition) is 0. The highest BCUT2D eigenvalue weighted by atomic mass is 14.0. The van der Waals surface area contributed by atoms with Crippen molar-refractivity contribution < 1.29 is 0 Å². The van der Waals surface area contributed by atoms with E-state index in [0.29, 0.717) is 0 Å². The fraction of sp³-hybridized carbons (Fsp3) is 0.700. The van der Waals surface area contributed by atoms with Gasteiger partial charge in [-0.3, -0.25) is 0 Å². The van der Waals surface area contributed by atoms with E-state index in [0.717, 1.165) is 0 Å². The van der Waals surface area contributed by atoms with Crippen molar-refractivity contribution in [2.75, 3.05) is 0 Å². The molecule has 20 heavy (non-hydrogen) atoms. The Hall–Kier alpha value is -0.780. The van der Waals surface area contributed by atoms with Crippen LogP contribution in [0.2, 0.25) is 0 Å². The maximum Gasteiger partial charge on any atom is -0.0345 e. The van der Waals surface area contributed by atoms with Gasteiger partial charge in [-0.05, 0) is 32.1 Å². The minimum atomic E-state index is 1.17. The van der Waals surface area contributed by atoms with Crippen LogP contribution >= 0.6 is 0 Å². The van der Waals surface area contributed by atoms with Crippen LogP contribution in [0, 0.1) is 0 Å². The van der Waals surface area contributed by atoms with E-state index in [2.05, 4.69) is 31.7 Å². The zero-order chi connectivity index (χ0) is 14.7. The lowest BCUT2D eigenvalue weighted by Crippen LogP contribution is -1.80. The van der Waals surface area contributed by atoms with Crippen LogP contribution in [0.15, 0.2) is 37.0 Å². The Labute approximate surface area is 128 Å². The van der Waals surface area contributed by atoms with Gasteiger partial charge in [0.25, 0.3) is 0 Å². The lowest BCUT2D eigenvalue weighted by molar-refractivity contribution is 0.566. The minimum Gasteiger partial charge on any atom is -0.0991 e. The van der Waals surface area contributed by atoms with Gasteiger partial charge in [-0.1, -0.05) is 95.2 Å². The molecule has 0 spiro atoms. The van der Waals surface area contributed by atoms with Crippen LogP contribution in [0.4, 0.5) is 0 Å². The summed E-state index contributed by atoms with van der Waals surface area (Å²) in [5.41, 5.74) is 0. The van der Waals surface area contributed by atoms with Gasteiger partial charge in [0.1, 0.15) is 0 Å². The Kier molecular flexibility index (Phi) is 17.5. The highest BCUT2D eigenvalue weighted by molar-refractivity contribution is 4.97. The molecule has 0 fully saturated rings. The predicted molar refractivity (Wildman–Crippen MR) is 94.2 cm³/mol. The molecule has 0 saturated carbocycles. The summed E-state index contributed by atoms with van der Waals surface area (Å²) in [5.74, 6) is 0. The summed E-state index contributed by atoms with van der Waals surface area (Å²) in [5, 5.41) is 0. The van der Waals surface area contributed by atoms with Crippen LogP contribution in [0.1, 0.15) is 90.4 Å². The first-order valence-electron chi connectivity index (χ1n) is 8.84. The molecule has 0 bridgehead atoms. The van der Waals surface area contributed by atoms with Crippen molar-refractivity contribution >= 4 is 0 Å². The molecule has 0 radical (unpaired) electrons. The van der Waals surface area contributed by atoms with Crippen LogP contribution in [-0.2, 0) is 0 Å². The van der Waals surface area contributed by atoms with Crippen molar-refractivity contribution in [3.05, 3.63) is 37.0 Å². The maximum absolute atomic E-state index is 3.67. The number of unbranched alkanes of at least 4 members (excludes halogenated alkanes) is 11. The summed E-state index contributed by atoms with van der Waals surface area (Å²) in [6.45, 7) is 5.95. The number of rotatable bonds is 15. The summed E-state index contributed by atoms with van der Waals surface area (Å²) in [6.07, 6.45) is 28.5. The van der Waals surface area contributed by atoms with Crippen LogP contribution in [0.3, 0.4) is 0 Å². The highest BCUT2D eigenvalue weighted by Crippen LogP contribution is 2.10. The average Bonchev–Trinajstić information content (AvgIpc) is 2.47. The summed E-state index contributed by atoms with van der Waals surface area (Å²) < 4.78 is 0. The molecular formula is C20H36.